The van der Waals surface area contributed by atoms with E-state index in [4.69, 9.17) is 0 Å². The SMILES string of the molecule is CC[C@]1(c2ccccc2)NC(=O)N(CC(=O)c2cc(C)n(-c3ccccc3)c2C)C1=O. The Bertz CT molecular complexity index is 1150. The van der Waals surface area contributed by atoms with Crippen LogP contribution < -0.4 is 5.32 Å². The van der Waals surface area contributed by atoms with Gasteiger partial charge in [-0.2, -0.15) is 0 Å². The highest BCUT2D eigenvalue weighted by molar-refractivity contribution is 6.11. The van der Waals surface area contributed by atoms with Gasteiger partial charge in [0.05, 0.1) is 6.54 Å². The number of carbonyl (C=O) groups is 3. The fraction of sp³-hybridized carbons (Fsp3) is 0.240. The van der Waals surface area contributed by atoms with Gasteiger partial charge in [0.1, 0.15) is 5.54 Å². The largest absolute Gasteiger partial charge is 0.325 e. The number of imide groups is 1. The summed E-state index contributed by atoms with van der Waals surface area (Å²) >= 11 is 0. The van der Waals surface area contributed by atoms with Gasteiger partial charge in [0.15, 0.2) is 5.78 Å². The number of para-hydroxylation sites is 1. The average Bonchev–Trinajstić information content (AvgIpc) is 3.22. The molecule has 6 nitrogen and oxygen atoms in total. The molecule has 1 saturated heterocycles. The molecule has 31 heavy (non-hydrogen) atoms. The van der Waals surface area contributed by atoms with Gasteiger partial charge in [-0.15, -0.1) is 0 Å². The Labute approximate surface area is 181 Å². The number of nitrogens with one attached hydrogen (secondary N) is 1. The Hall–Kier alpha value is -3.67. The van der Waals surface area contributed by atoms with E-state index in [2.05, 4.69) is 5.32 Å². The molecule has 3 aromatic rings. The molecule has 1 aliphatic rings. The number of urea groups is 1. The smallest absolute Gasteiger partial charge is 0.319 e. The number of hydrogen-bond acceptors (Lipinski definition) is 3. The van der Waals surface area contributed by atoms with E-state index < -0.39 is 17.5 Å². The summed E-state index contributed by atoms with van der Waals surface area (Å²) in [5.74, 6) is -0.657. The van der Waals surface area contributed by atoms with Crippen molar-refractivity contribution in [2.45, 2.75) is 32.7 Å². The topological polar surface area (TPSA) is 71.4 Å². The van der Waals surface area contributed by atoms with Crippen molar-refractivity contribution in [2.24, 2.45) is 0 Å². The second-order valence-electron chi connectivity index (χ2n) is 7.83. The molecule has 1 aromatic heterocycles. The fourth-order valence-electron chi connectivity index (χ4n) is 4.38. The summed E-state index contributed by atoms with van der Waals surface area (Å²) in [7, 11) is 0. The molecular weight excluding hydrogens is 390 g/mol. The highest BCUT2D eigenvalue weighted by atomic mass is 16.2. The van der Waals surface area contributed by atoms with Gasteiger partial charge in [-0.3, -0.25) is 14.5 Å². The first-order valence-electron chi connectivity index (χ1n) is 10.4. The van der Waals surface area contributed by atoms with Crippen molar-refractivity contribution in [2.75, 3.05) is 6.54 Å². The summed E-state index contributed by atoms with van der Waals surface area (Å²) in [4.78, 5) is 40.2. The fourth-order valence-corrected chi connectivity index (χ4v) is 4.38. The van der Waals surface area contributed by atoms with Crippen LogP contribution in [0.15, 0.2) is 66.7 Å². The number of ketones is 1. The van der Waals surface area contributed by atoms with Gasteiger partial charge in [0.2, 0.25) is 0 Å². The van der Waals surface area contributed by atoms with Crippen molar-refractivity contribution in [3.8, 4) is 5.69 Å². The van der Waals surface area contributed by atoms with E-state index in [1.807, 2.05) is 92.1 Å². The number of nitrogens with zero attached hydrogens (tertiary/aromatic N) is 2. The third-order valence-electron chi connectivity index (χ3n) is 6.02. The first kappa shape index (κ1) is 20.6. The molecule has 3 amide bonds. The highest BCUT2D eigenvalue weighted by Gasteiger charge is 2.51. The third kappa shape index (κ3) is 3.34. The number of amides is 3. The maximum Gasteiger partial charge on any atom is 0.325 e. The minimum Gasteiger partial charge on any atom is -0.319 e. The van der Waals surface area contributed by atoms with E-state index in [-0.39, 0.29) is 12.3 Å². The van der Waals surface area contributed by atoms with Gasteiger partial charge in [-0.25, -0.2) is 4.79 Å². The van der Waals surface area contributed by atoms with Crippen molar-refractivity contribution in [1.82, 2.24) is 14.8 Å². The molecule has 0 saturated carbocycles. The molecule has 1 atom stereocenters. The van der Waals surface area contributed by atoms with Crippen molar-refractivity contribution in [3.05, 3.63) is 89.2 Å². The molecule has 0 aliphatic carbocycles. The lowest BCUT2D eigenvalue weighted by atomic mass is 9.87. The number of hydrogen-bond donors (Lipinski definition) is 1. The van der Waals surface area contributed by atoms with E-state index in [9.17, 15) is 14.4 Å². The minimum atomic E-state index is -1.14. The second-order valence-corrected chi connectivity index (χ2v) is 7.83. The van der Waals surface area contributed by atoms with Crippen LogP contribution in [0.5, 0.6) is 0 Å². The summed E-state index contributed by atoms with van der Waals surface area (Å²) in [5, 5.41) is 2.83. The van der Waals surface area contributed by atoms with Crippen molar-refractivity contribution in [3.63, 3.8) is 0 Å². The van der Waals surface area contributed by atoms with Gasteiger partial charge in [0.25, 0.3) is 5.91 Å². The normalized spacial score (nSPS) is 18.4. The van der Waals surface area contributed by atoms with Crippen molar-refractivity contribution < 1.29 is 14.4 Å². The zero-order valence-electron chi connectivity index (χ0n) is 17.9. The molecule has 0 unspecified atom stereocenters. The molecule has 4 rings (SSSR count). The molecule has 6 heteroatoms. The lowest BCUT2D eigenvalue weighted by Gasteiger charge is -2.25. The van der Waals surface area contributed by atoms with E-state index in [0.717, 1.165) is 22.0 Å². The van der Waals surface area contributed by atoms with Crippen LogP contribution in [0, 0.1) is 13.8 Å². The molecule has 0 radical (unpaired) electrons. The molecular formula is C25H25N3O3. The Balaban J connectivity index is 1.63. The second kappa shape index (κ2) is 7.87. The summed E-state index contributed by atoms with van der Waals surface area (Å²) in [6.07, 6.45) is 0.398. The van der Waals surface area contributed by atoms with Gasteiger partial charge >= 0.3 is 6.03 Å². The summed E-state index contributed by atoms with van der Waals surface area (Å²) < 4.78 is 2.00. The molecule has 1 fully saturated rings. The van der Waals surface area contributed by atoms with Crippen LogP contribution in [0.3, 0.4) is 0 Å². The predicted molar refractivity (Wildman–Crippen MR) is 118 cm³/mol. The first-order chi connectivity index (χ1) is 14.9. The molecule has 0 spiro atoms. The van der Waals surface area contributed by atoms with E-state index >= 15 is 0 Å². The van der Waals surface area contributed by atoms with Gasteiger partial charge in [-0.1, -0.05) is 55.5 Å². The van der Waals surface area contributed by atoms with E-state index in [1.165, 1.54) is 0 Å². The molecule has 1 aliphatic heterocycles. The van der Waals surface area contributed by atoms with Gasteiger partial charge in [-0.05, 0) is 44.0 Å². The minimum absolute atomic E-state index is 0.265. The van der Waals surface area contributed by atoms with Crippen LogP contribution in [0.1, 0.15) is 40.7 Å². The standard InChI is InChI=1S/C25H25N3O3/c1-4-25(19-11-7-5-8-12-19)23(30)27(24(31)26-25)16-22(29)21-15-17(2)28(18(21)3)20-13-9-6-10-14-20/h5-15H,4,16H2,1-3H3,(H,26,31)/t25-/m1/s1. The maximum absolute atomic E-state index is 13.3. The number of rotatable bonds is 6. The average molecular weight is 415 g/mol. The van der Waals surface area contributed by atoms with E-state index in [0.29, 0.717) is 17.5 Å². The van der Waals surface area contributed by atoms with Crippen LogP contribution >= 0.6 is 0 Å². The number of carbonyl (C=O) groups excluding carboxylic acids is 3. The molecule has 1 N–H and O–H groups in total. The Kier molecular flexibility index (Phi) is 5.23. The zero-order chi connectivity index (χ0) is 22.2. The summed E-state index contributed by atoms with van der Waals surface area (Å²) in [6.45, 7) is 5.36. The van der Waals surface area contributed by atoms with Crippen molar-refractivity contribution in [1.29, 1.82) is 0 Å². The third-order valence-corrected chi connectivity index (χ3v) is 6.02. The zero-order valence-corrected chi connectivity index (χ0v) is 17.9. The predicted octanol–water partition coefficient (Wildman–Crippen LogP) is 4.13. The number of aromatic nitrogens is 1. The van der Waals surface area contributed by atoms with Crippen LogP contribution in [0.2, 0.25) is 0 Å². The van der Waals surface area contributed by atoms with Crippen LogP contribution in [0.4, 0.5) is 4.79 Å². The quantitative estimate of drug-likeness (QED) is 0.486. The monoisotopic (exact) mass is 415 g/mol. The number of benzene rings is 2. The Morgan fingerprint density at radius 3 is 2.19 bits per heavy atom. The Morgan fingerprint density at radius 1 is 0.968 bits per heavy atom. The molecule has 158 valence electrons. The number of aryl methyl sites for hydroxylation is 1. The Morgan fingerprint density at radius 2 is 1.58 bits per heavy atom. The van der Waals surface area contributed by atoms with Gasteiger partial charge in [0, 0.05) is 22.6 Å². The molecule has 2 aromatic carbocycles. The van der Waals surface area contributed by atoms with Crippen molar-refractivity contribution >= 4 is 17.7 Å². The first-order valence-corrected chi connectivity index (χ1v) is 10.4. The summed E-state index contributed by atoms with van der Waals surface area (Å²) in [6, 6.07) is 20.2. The molecule has 0 bridgehead atoms. The van der Waals surface area contributed by atoms with E-state index in [1.54, 1.807) is 0 Å². The summed E-state index contributed by atoms with van der Waals surface area (Å²) in [5.41, 5.74) is 2.74. The maximum atomic E-state index is 13.3. The highest BCUT2D eigenvalue weighted by Crippen LogP contribution is 2.32. The van der Waals surface area contributed by atoms with Crippen LogP contribution in [-0.2, 0) is 10.3 Å². The van der Waals surface area contributed by atoms with Crippen LogP contribution in [0.25, 0.3) is 5.69 Å². The molecule has 2 heterocycles. The lowest BCUT2D eigenvalue weighted by molar-refractivity contribution is -0.131. The van der Waals surface area contributed by atoms with Crippen LogP contribution in [-0.4, -0.2) is 33.7 Å². The lowest BCUT2D eigenvalue weighted by Crippen LogP contribution is -2.43. The number of Topliss-reactive ketones (excluding diaryl/α,β-unsaturated/α-hetero) is 1. The van der Waals surface area contributed by atoms with Gasteiger partial charge < -0.3 is 9.88 Å².